The lowest BCUT2D eigenvalue weighted by atomic mass is 10.1. The zero-order valence-corrected chi connectivity index (χ0v) is 15.2. The number of anilines is 1. The summed E-state index contributed by atoms with van der Waals surface area (Å²) >= 11 is 0. The second-order valence-corrected chi connectivity index (χ2v) is 6.92. The molecule has 0 bridgehead atoms. The Morgan fingerprint density at radius 1 is 0.815 bits per heavy atom. The van der Waals surface area contributed by atoms with Crippen LogP contribution < -0.4 is 4.90 Å². The van der Waals surface area contributed by atoms with Crippen LogP contribution >= 0.6 is 0 Å². The van der Waals surface area contributed by atoms with Crippen LogP contribution in [0.25, 0.3) is 6.08 Å². The number of carbonyl (C=O) groups is 2. The summed E-state index contributed by atoms with van der Waals surface area (Å²) in [5.41, 5.74) is 1.84. The fourth-order valence-electron chi connectivity index (χ4n) is 3.70. The van der Waals surface area contributed by atoms with Gasteiger partial charge in [-0.3, -0.25) is 14.5 Å². The fourth-order valence-corrected chi connectivity index (χ4v) is 3.70. The van der Waals surface area contributed by atoms with E-state index in [1.54, 1.807) is 0 Å². The molecule has 4 rings (SSSR count). The summed E-state index contributed by atoms with van der Waals surface area (Å²) in [6.45, 7) is 3.27. The summed E-state index contributed by atoms with van der Waals surface area (Å²) in [7, 11) is 0. The van der Waals surface area contributed by atoms with Crippen LogP contribution in [-0.4, -0.2) is 53.8 Å². The molecule has 2 heterocycles. The molecule has 1 unspecified atom stereocenters. The molecule has 0 radical (unpaired) electrons. The second kappa shape index (κ2) is 7.76. The maximum absolute atomic E-state index is 12.8. The number of rotatable bonds is 4. The van der Waals surface area contributed by atoms with Crippen molar-refractivity contribution in [3.8, 4) is 0 Å². The number of hydrogen-bond donors (Lipinski definition) is 0. The van der Waals surface area contributed by atoms with E-state index in [9.17, 15) is 9.59 Å². The van der Waals surface area contributed by atoms with Crippen LogP contribution in [0.15, 0.2) is 66.9 Å². The first-order chi connectivity index (χ1) is 13.2. The topological polar surface area (TPSA) is 43.9 Å². The zero-order chi connectivity index (χ0) is 18.6. The highest BCUT2D eigenvalue weighted by Gasteiger charge is 2.43. The smallest absolute Gasteiger partial charge is 0.251 e. The van der Waals surface area contributed by atoms with E-state index in [-0.39, 0.29) is 24.3 Å². The molecule has 5 heteroatoms. The van der Waals surface area contributed by atoms with Crippen LogP contribution in [0.2, 0.25) is 0 Å². The molecular formula is C22H23N3O2. The summed E-state index contributed by atoms with van der Waals surface area (Å²) in [4.78, 5) is 31.0. The van der Waals surface area contributed by atoms with Gasteiger partial charge in [0.2, 0.25) is 5.91 Å². The van der Waals surface area contributed by atoms with Gasteiger partial charge in [-0.25, -0.2) is 4.90 Å². The van der Waals surface area contributed by atoms with Crippen LogP contribution in [0.4, 0.5) is 5.69 Å². The Balaban J connectivity index is 1.37. The third-order valence-electron chi connectivity index (χ3n) is 5.20. The number of para-hydroxylation sites is 1. The Morgan fingerprint density at radius 3 is 2.11 bits per heavy atom. The Hall–Kier alpha value is -2.92. The van der Waals surface area contributed by atoms with E-state index < -0.39 is 0 Å². The minimum Gasteiger partial charge on any atom is -0.375 e. The van der Waals surface area contributed by atoms with E-state index in [0.717, 1.165) is 26.2 Å². The van der Waals surface area contributed by atoms with E-state index in [4.69, 9.17) is 0 Å². The van der Waals surface area contributed by atoms with Crippen molar-refractivity contribution < 1.29 is 9.59 Å². The van der Waals surface area contributed by atoms with Gasteiger partial charge >= 0.3 is 0 Å². The van der Waals surface area contributed by atoms with Crippen LogP contribution in [0.5, 0.6) is 0 Å². The first kappa shape index (κ1) is 17.5. The van der Waals surface area contributed by atoms with E-state index in [0.29, 0.717) is 5.69 Å². The van der Waals surface area contributed by atoms with Gasteiger partial charge in [0.1, 0.15) is 0 Å². The number of hydrogen-bond acceptors (Lipinski definition) is 4. The van der Waals surface area contributed by atoms with Crippen molar-refractivity contribution in [2.45, 2.75) is 12.5 Å². The summed E-state index contributed by atoms with van der Waals surface area (Å²) in [6.07, 6.45) is 4.50. The third-order valence-corrected chi connectivity index (χ3v) is 5.20. The van der Waals surface area contributed by atoms with E-state index in [1.807, 2.05) is 48.5 Å². The van der Waals surface area contributed by atoms with Crippen LogP contribution in [-0.2, 0) is 9.59 Å². The largest absolute Gasteiger partial charge is 0.375 e. The molecular weight excluding hydrogens is 338 g/mol. The second-order valence-electron chi connectivity index (χ2n) is 6.92. The molecule has 2 aromatic rings. The molecule has 2 aliphatic rings. The predicted octanol–water partition coefficient (Wildman–Crippen LogP) is 2.61. The highest BCUT2D eigenvalue weighted by molar-refractivity contribution is 6.22. The Morgan fingerprint density at radius 2 is 1.44 bits per heavy atom. The van der Waals surface area contributed by atoms with Crippen molar-refractivity contribution in [3.05, 3.63) is 72.4 Å². The maximum atomic E-state index is 12.8. The van der Waals surface area contributed by atoms with Gasteiger partial charge in [0.05, 0.1) is 18.2 Å². The van der Waals surface area contributed by atoms with Gasteiger partial charge in [-0.1, -0.05) is 48.5 Å². The van der Waals surface area contributed by atoms with Gasteiger partial charge < -0.3 is 4.90 Å². The standard InChI is InChI=1S/C22H23N3O2/c26-21-17-20(22(27)25(21)19-9-5-2-6-10-19)24-15-13-23(14-16-24)12-11-18-7-3-1-4-8-18/h1-12,20H,13-17H2. The summed E-state index contributed by atoms with van der Waals surface area (Å²) in [5, 5.41) is 0. The molecule has 1 atom stereocenters. The molecule has 2 saturated heterocycles. The van der Waals surface area contributed by atoms with E-state index >= 15 is 0 Å². The van der Waals surface area contributed by atoms with Gasteiger partial charge in [0.15, 0.2) is 0 Å². The molecule has 0 spiro atoms. The molecule has 2 fully saturated rings. The fraction of sp³-hybridized carbons (Fsp3) is 0.273. The minimum atomic E-state index is -0.335. The average molecular weight is 361 g/mol. The SMILES string of the molecule is O=C1CC(N2CCN(C=Cc3ccccc3)CC2)C(=O)N1c1ccccc1. The molecule has 2 aromatic carbocycles. The first-order valence-electron chi connectivity index (χ1n) is 9.35. The highest BCUT2D eigenvalue weighted by atomic mass is 16.2. The lowest BCUT2D eigenvalue weighted by molar-refractivity contribution is -0.123. The van der Waals surface area contributed by atoms with Crippen LogP contribution in [0.3, 0.4) is 0 Å². The van der Waals surface area contributed by atoms with Gasteiger partial charge in [0.25, 0.3) is 5.91 Å². The normalized spacial score (nSPS) is 21.4. The maximum Gasteiger partial charge on any atom is 0.251 e. The number of imide groups is 1. The first-order valence-corrected chi connectivity index (χ1v) is 9.35. The number of piperazine rings is 1. The summed E-state index contributed by atoms with van der Waals surface area (Å²) < 4.78 is 0. The van der Waals surface area contributed by atoms with Crippen molar-refractivity contribution >= 4 is 23.6 Å². The predicted molar refractivity (Wildman–Crippen MR) is 106 cm³/mol. The molecule has 0 N–H and O–H groups in total. The Kier molecular flexibility index (Phi) is 5.03. The molecule has 0 aromatic heterocycles. The van der Waals surface area contributed by atoms with Crippen LogP contribution in [0.1, 0.15) is 12.0 Å². The minimum absolute atomic E-state index is 0.0977. The van der Waals surface area contributed by atoms with Crippen molar-refractivity contribution in [1.29, 1.82) is 0 Å². The average Bonchev–Trinajstić information content (AvgIpc) is 3.02. The molecule has 2 amide bonds. The van der Waals surface area contributed by atoms with Gasteiger partial charge in [-0.2, -0.15) is 0 Å². The molecule has 0 aliphatic carbocycles. The van der Waals surface area contributed by atoms with Crippen molar-refractivity contribution in [1.82, 2.24) is 9.80 Å². The van der Waals surface area contributed by atoms with Gasteiger partial charge in [-0.15, -0.1) is 0 Å². The quantitative estimate of drug-likeness (QED) is 0.786. The summed E-state index contributed by atoms with van der Waals surface area (Å²) in [6, 6.07) is 19.1. The summed E-state index contributed by atoms with van der Waals surface area (Å²) in [5.74, 6) is -0.206. The van der Waals surface area contributed by atoms with Crippen molar-refractivity contribution in [3.63, 3.8) is 0 Å². The van der Waals surface area contributed by atoms with Crippen LogP contribution in [0, 0.1) is 0 Å². The Labute approximate surface area is 159 Å². The number of benzene rings is 2. The molecule has 27 heavy (non-hydrogen) atoms. The van der Waals surface area contributed by atoms with Gasteiger partial charge in [0, 0.05) is 26.2 Å². The number of nitrogens with zero attached hydrogens (tertiary/aromatic N) is 3. The molecule has 5 nitrogen and oxygen atoms in total. The van der Waals surface area contributed by atoms with E-state index in [1.165, 1.54) is 10.5 Å². The molecule has 138 valence electrons. The zero-order valence-electron chi connectivity index (χ0n) is 15.2. The van der Waals surface area contributed by atoms with Gasteiger partial charge in [-0.05, 0) is 30.0 Å². The number of carbonyl (C=O) groups excluding carboxylic acids is 2. The monoisotopic (exact) mass is 361 g/mol. The van der Waals surface area contributed by atoms with Crippen molar-refractivity contribution in [2.24, 2.45) is 0 Å². The molecule has 0 saturated carbocycles. The van der Waals surface area contributed by atoms with Crippen molar-refractivity contribution in [2.75, 3.05) is 31.1 Å². The highest BCUT2D eigenvalue weighted by Crippen LogP contribution is 2.26. The Bertz CT molecular complexity index is 827. The molecule has 2 aliphatic heterocycles. The number of amides is 2. The lowest BCUT2D eigenvalue weighted by Gasteiger charge is -2.36. The lowest BCUT2D eigenvalue weighted by Crippen LogP contribution is -2.51. The van der Waals surface area contributed by atoms with E-state index in [2.05, 4.69) is 34.2 Å². The third kappa shape index (κ3) is 3.78.